The lowest BCUT2D eigenvalue weighted by atomic mass is 10.1. The van der Waals surface area contributed by atoms with Gasteiger partial charge >= 0.3 is 23.9 Å². The Balaban J connectivity index is 1.83. The molecule has 0 heterocycles. The van der Waals surface area contributed by atoms with E-state index in [0.29, 0.717) is 32.5 Å². The number of hydrogen-bond donors (Lipinski definition) is 6. The van der Waals surface area contributed by atoms with E-state index in [1.54, 1.807) is 0 Å². The molecule has 3 amide bonds. The van der Waals surface area contributed by atoms with E-state index in [0.717, 1.165) is 14.7 Å². The van der Waals surface area contributed by atoms with Gasteiger partial charge in [0.05, 0.1) is 0 Å². The molecule has 12 nitrogen and oxygen atoms in total. The predicted molar refractivity (Wildman–Crippen MR) is 172 cm³/mol. The molecule has 2 aromatic rings. The molecule has 2 rings (SSSR count). The summed E-state index contributed by atoms with van der Waals surface area (Å²) in [4.78, 5) is 60.8. The van der Waals surface area contributed by atoms with E-state index in [4.69, 9.17) is 5.11 Å². The molecule has 6 N–H and O–H groups in total. The number of urea groups is 1. The van der Waals surface area contributed by atoms with Gasteiger partial charge in [0.1, 0.15) is 12.1 Å². The molecule has 0 aromatic heterocycles. The molecule has 0 spiro atoms. The quantitative estimate of drug-likeness (QED) is 0.0928. The van der Waals surface area contributed by atoms with Crippen LogP contribution in [0.1, 0.15) is 62.1 Å². The zero-order valence-corrected chi connectivity index (χ0v) is 27.1. The Hall–Kier alpha value is -3.72. The zero-order valence-electron chi connectivity index (χ0n) is 24.9. The maximum Gasteiger partial charge on any atom is 0.326 e. The minimum Gasteiger partial charge on any atom is -0.481 e. The van der Waals surface area contributed by atoms with Crippen molar-refractivity contribution in [2.75, 3.05) is 6.54 Å². The summed E-state index contributed by atoms with van der Waals surface area (Å²) >= 11 is 2.27. The van der Waals surface area contributed by atoms with Crippen LogP contribution in [-0.2, 0) is 32.3 Å². The van der Waals surface area contributed by atoms with E-state index in [1.165, 1.54) is 5.56 Å². The van der Waals surface area contributed by atoms with Gasteiger partial charge in [0.25, 0.3) is 0 Å². The van der Waals surface area contributed by atoms with Crippen molar-refractivity contribution in [1.82, 2.24) is 20.9 Å². The van der Waals surface area contributed by atoms with Crippen LogP contribution in [-0.4, -0.2) is 74.7 Å². The molecule has 44 heavy (non-hydrogen) atoms. The van der Waals surface area contributed by atoms with Crippen LogP contribution < -0.4 is 16.0 Å². The van der Waals surface area contributed by atoms with E-state index in [2.05, 4.69) is 92.0 Å². The second-order valence-corrected chi connectivity index (χ2v) is 12.0. The van der Waals surface area contributed by atoms with E-state index in [1.807, 2.05) is 13.8 Å². The monoisotopic (exact) mass is 724 g/mol. The molecular weight excluding hydrogens is 683 g/mol. The Morgan fingerprint density at radius 2 is 1.32 bits per heavy atom. The maximum atomic E-state index is 12.8. The highest BCUT2D eigenvalue weighted by Crippen LogP contribution is 2.17. The maximum absolute atomic E-state index is 12.8. The number of amides is 3. The lowest BCUT2D eigenvalue weighted by Gasteiger charge is -2.29. The zero-order chi connectivity index (χ0) is 32.6. The number of unbranched alkanes of at least 4 members (excludes halogenated alkanes) is 1. The molecule has 0 saturated heterocycles. The summed E-state index contributed by atoms with van der Waals surface area (Å²) in [5, 5.41) is 34.6. The second kappa shape index (κ2) is 18.8. The molecule has 0 radical (unpaired) electrons. The van der Waals surface area contributed by atoms with Crippen molar-refractivity contribution in [3.63, 3.8) is 0 Å². The first kappa shape index (κ1) is 36.5. The highest BCUT2D eigenvalue weighted by molar-refractivity contribution is 14.1. The summed E-state index contributed by atoms with van der Waals surface area (Å²) in [6, 6.07) is 12.8. The Bertz CT molecular complexity index is 1210. The fourth-order valence-electron chi connectivity index (χ4n) is 4.43. The number of carboxylic acids is 3. The van der Waals surface area contributed by atoms with E-state index in [-0.39, 0.29) is 31.2 Å². The summed E-state index contributed by atoms with van der Waals surface area (Å²) in [7, 11) is 0. The standard InChI is InChI=1S/C31H41IN4O8/c1-20-6-8-22(9-7-20)18-36(19-23-10-12-24(32)13-11-23)21(2)17-27(37)33-16-4-3-5-25(29(40)41)34-31(44)35-26(30(42)43)14-15-28(38)39/h6-13,21,25-26H,3-5,14-19H2,1-2H3,(H,33,37)(H,38,39)(H,40,41)(H,42,43)(H2,34,35,44)/t21?,25-,26-/m0/s1. The largest absolute Gasteiger partial charge is 0.481 e. The molecule has 0 fully saturated rings. The number of carbonyl (C=O) groups is 5. The Morgan fingerprint density at radius 3 is 1.84 bits per heavy atom. The highest BCUT2D eigenvalue weighted by Gasteiger charge is 2.25. The van der Waals surface area contributed by atoms with Gasteiger partial charge in [-0.25, -0.2) is 14.4 Å². The summed E-state index contributed by atoms with van der Waals surface area (Å²) in [6.45, 7) is 5.76. The molecule has 0 aliphatic rings. The molecule has 0 aliphatic heterocycles. The molecule has 0 bridgehead atoms. The summed E-state index contributed by atoms with van der Waals surface area (Å²) < 4.78 is 1.15. The van der Waals surface area contributed by atoms with Crippen molar-refractivity contribution in [3.05, 3.63) is 68.8 Å². The average molecular weight is 725 g/mol. The van der Waals surface area contributed by atoms with Crippen molar-refractivity contribution in [1.29, 1.82) is 0 Å². The first-order valence-electron chi connectivity index (χ1n) is 14.4. The normalized spacial score (nSPS) is 13.0. The van der Waals surface area contributed by atoms with Crippen LogP contribution in [0.2, 0.25) is 0 Å². The van der Waals surface area contributed by atoms with E-state index >= 15 is 0 Å². The van der Waals surface area contributed by atoms with Crippen LogP contribution in [0.4, 0.5) is 4.79 Å². The number of aryl methyl sites for hydroxylation is 1. The van der Waals surface area contributed by atoms with Gasteiger partial charge in [-0.2, -0.15) is 0 Å². The molecular formula is C31H41IN4O8. The van der Waals surface area contributed by atoms with Crippen molar-refractivity contribution < 1.29 is 39.3 Å². The van der Waals surface area contributed by atoms with E-state index < -0.39 is 42.4 Å². The number of aliphatic carboxylic acids is 3. The van der Waals surface area contributed by atoms with Gasteiger partial charge in [-0.3, -0.25) is 14.5 Å². The topological polar surface area (TPSA) is 185 Å². The third-order valence-corrected chi connectivity index (χ3v) is 7.72. The summed E-state index contributed by atoms with van der Waals surface area (Å²) in [5.41, 5.74) is 3.49. The van der Waals surface area contributed by atoms with Crippen LogP contribution in [0.5, 0.6) is 0 Å². The Labute approximate surface area is 270 Å². The summed E-state index contributed by atoms with van der Waals surface area (Å²) in [5.74, 6) is -4.06. The van der Waals surface area contributed by atoms with E-state index in [9.17, 15) is 34.2 Å². The van der Waals surface area contributed by atoms with Gasteiger partial charge in [-0.05, 0) is 85.4 Å². The first-order valence-corrected chi connectivity index (χ1v) is 15.5. The smallest absolute Gasteiger partial charge is 0.326 e. The summed E-state index contributed by atoms with van der Waals surface area (Å²) in [6.07, 6.45) is 0.371. The number of benzene rings is 2. The minimum absolute atomic E-state index is 0.0557. The van der Waals surface area contributed by atoms with Gasteiger partial charge in [0, 0.05) is 42.1 Å². The number of carboxylic acid groups (broad SMARTS) is 3. The predicted octanol–water partition coefficient (Wildman–Crippen LogP) is 3.74. The number of carbonyl (C=O) groups excluding carboxylic acids is 2. The van der Waals surface area contributed by atoms with Crippen molar-refractivity contribution in [3.8, 4) is 0 Å². The van der Waals surface area contributed by atoms with Crippen molar-refractivity contribution >= 4 is 52.4 Å². The molecule has 240 valence electrons. The Kier molecular flexibility index (Phi) is 15.6. The van der Waals surface area contributed by atoms with Gasteiger partial charge < -0.3 is 31.3 Å². The van der Waals surface area contributed by atoms with Crippen molar-refractivity contribution in [2.45, 2.75) is 83.6 Å². The van der Waals surface area contributed by atoms with Gasteiger partial charge in [0.15, 0.2) is 0 Å². The molecule has 0 saturated carbocycles. The van der Waals surface area contributed by atoms with Crippen LogP contribution in [0.15, 0.2) is 48.5 Å². The second-order valence-electron chi connectivity index (χ2n) is 10.7. The fraction of sp³-hybridized carbons (Fsp3) is 0.452. The van der Waals surface area contributed by atoms with Crippen molar-refractivity contribution in [2.24, 2.45) is 0 Å². The lowest BCUT2D eigenvalue weighted by Crippen LogP contribution is -2.51. The minimum atomic E-state index is -1.47. The molecule has 0 aliphatic carbocycles. The van der Waals surface area contributed by atoms with Crippen LogP contribution in [0, 0.1) is 10.5 Å². The number of hydrogen-bond acceptors (Lipinski definition) is 6. The number of rotatable bonds is 19. The van der Waals surface area contributed by atoms with Crippen LogP contribution in [0.3, 0.4) is 0 Å². The van der Waals surface area contributed by atoms with Gasteiger partial charge in [-0.15, -0.1) is 0 Å². The highest BCUT2D eigenvalue weighted by atomic mass is 127. The molecule has 1 unspecified atom stereocenters. The third kappa shape index (κ3) is 14.2. The van der Waals surface area contributed by atoms with Crippen LogP contribution >= 0.6 is 22.6 Å². The third-order valence-electron chi connectivity index (χ3n) is 7.00. The molecule has 3 atom stereocenters. The number of nitrogens with one attached hydrogen (secondary N) is 3. The van der Waals surface area contributed by atoms with Gasteiger partial charge in [-0.1, -0.05) is 42.0 Å². The Morgan fingerprint density at radius 1 is 0.795 bits per heavy atom. The van der Waals surface area contributed by atoms with Crippen LogP contribution in [0.25, 0.3) is 0 Å². The SMILES string of the molecule is Cc1ccc(CN(Cc2ccc(I)cc2)C(C)CC(=O)NCCCC[C@H](NC(=O)N[C@@H](CCC(=O)O)C(=O)O)C(=O)O)cc1. The lowest BCUT2D eigenvalue weighted by molar-refractivity contribution is -0.140. The number of nitrogens with zero attached hydrogens (tertiary/aromatic N) is 1. The average Bonchev–Trinajstić information content (AvgIpc) is 2.95. The fourth-order valence-corrected chi connectivity index (χ4v) is 4.79. The number of halogens is 1. The molecule has 2 aromatic carbocycles. The molecule has 13 heteroatoms. The first-order chi connectivity index (χ1) is 20.8. The van der Waals surface area contributed by atoms with Gasteiger partial charge in [0.2, 0.25) is 5.91 Å².